The first-order chi connectivity index (χ1) is 9.65. The van der Waals surface area contributed by atoms with E-state index in [-0.39, 0.29) is 12.5 Å². The molecule has 2 rings (SSSR count). The number of ether oxygens (including phenoxy) is 1. The molecule has 1 aromatic rings. The number of carbonyl (C=O) groups excluding carboxylic acids is 1. The van der Waals surface area contributed by atoms with E-state index >= 15 is 0 Å². The fourth-order valence-electron chi connectivity index (χ4n) is 1.82. The Morgan fingerprint density at radius 1 is 1.40 bits per heavy atom. The number of amides is 1. The van der Waals surface area contributed by atoms with Crippen molar-refractivity contribution >= 4 is 29.1 Å². The van der Waals surface area contributed by atoms with Gasteiger partial charge in [-0.3, -0.25) is 4.79 Å². The fourth-order valence-corrected chi connectivity index (χ4v) is 2.16. The Balaban J connectivity index is 1.77. The monoisotopic (exact) mass is 314 g/mol. The SMILES string of the molecule is O=C(COc1cc(Cl)ccc1Cl)NCC1=CCNCC1. The maximum atomic E-state index is 11.7. The van der Waals surface area contributed by atoms with E-state index in [0.717, 1.165) is 19.5 Å². The van der Waals surface area contributed by atoms with Crippen LogP contribution in [0, 0.1) is 0 Å². The lowest BCUT2D eigenvalue weighted by Gasteiger charge is -2.15. The van der Waals surface area contributed by atoms with Crippen LogP contribution in [0.2, 0.25) is 10.0 Å². The molecule has 6 heteroatoms. The Bertz CT molecular complexity index is 518. The van der Waals surface area contributed by atoms with Crippen molar-refractivity contribution in [3.05, 3.63) is 39.9 Å². The van der Waals surface area contributed by atoms with E-state index in [2.05, 4.69) is 16.7 Å². The van der Waals surface area contributed by atoms with Crippen LogP contribution in [0.1, 0.15) is 6.42 Å². The molecule has 0 spiro atoms. The van der Waals surface area contributed by atoms with Gasteiger partial charge < -0.3 is 15.4 Å². The van der Waals surface area contributed by atoms with Gasteiger partial charge in [0.2, 0.25) is 0 Å². The number of carbonyl (C=O) groups is 1. The zero-order valence-corrected chi connectivity index (χ0v) is 12.4. The summed E-state index contributed by atoms with van der Waals surface area (Å²) in [4.78, 5) is 11.7. The average molecular weight is 315 g/mol. The van der Waals surface area contributed by atoms with Crippen LogP contribution >= 0.6 is 23.2 Å². The number of rotatable bonds is 5. The van der Waals surface area contributed by atoms with Crippen molar-refractivity contribution in [3.8, 4) is 5.75 Å². The third kappa shape index (κ3) is 4.71. The molecule has 0 radical (unpaired) electrons. The highest BCUT2D eigenvalue weighted by atomic mass is 35.5. The summed E-state index contributed by atoms with van der Waals surface area (Å²) < 4.78 is 5.36. The van der Waals surface area contributed by atoms with Crippen molar-refractivity contribution in [2.45, 2.75) is 6.42 Å². The van der Waals surface area contributed by atoms with Crippen LogP contribution < -0.4 is 15.4 Å². The molecule has 0 saturated heterocycles. The van der Waals surface area contributed by atoms with Crippen LogP contribution in [0.15, 0.2) is 29.8 Å². The molecule has 1 aliphatic heterocycles. The maximum Gasteiger partial charge on any atom is 0.258 e. The number of hydrogen-bond acceptors (Lipinski definition) is 3. The maximum absolute atomic E-state index is 11.7. The smallest absolute Gasteiger partial charge is 0.258 e. The van der Waals surface area contributed by atoms with Crippen molar-refractivity contribution in [3.63, 3.8) is 0 Å². The second kappa shape index (κ2) is 7.53. The molecule has 20 heavy (non-hydrogen) atoms. The van der Waals surface area contributed by atoms with Gasteiger partial charge in [-0.25, -0.2) is 0 Å². The first-order valence-electron chi connectivity index (χ1n) is 6.38. The van der Waals surface area contributed by atoms with Crippen LogP contribution in [-0.4, -0.2) is 32.1 Å². The van der Waals surface area contributed by atoms with E-state index in [9.17, 15) is 4.79 Å². The molecule has 4 nitrogen and oxygen atoms in total. The third-order valence-electron chi connectivity index (χ3n) is 2.92. The van der Waals surface area contributed by atoms with Gasteiger partial charge in [-0.1, -0.05) is 34.9 Å². The molecule has 1 aliphatic rings. The number of benzene rings is 1. The fraction of sp³-hybridized carbons (Fsp3) is 0.357. The van der Waals surface area contributed by atoms with Crippen molar-refractivity contribution in [2.75, 3.05) is 26.2 Å². The van der Waals surface area contributed by atoms with Gasteiger partial charge in [-0.05, 0) is 25.1 Å². The Labute approximate surface area is 128 Å². The molecule has 1 amide bonds. The van der Waals surface area contributed by atoms with Crippen LogP contribution in [-0.2, 0) is 4.79 Å². The highest BCUT2D eigenvalue weighted by molar-refractivity contribution is 6.34. The molecule has 2 N–H and O–H groups in total. The van der Waals surface area contributed by atoms with Crippen LogP contribution in [0.4, 0.5) is 0 Å². The summed E-state index contributed by atoms with van der Waals surface area (Å²) in [5.74, 6) is 0.232. The van der Waals surface area contributed by atoms with Gasteiger partial charge in [0, 0.05) is 24.2 Å². The lowest BCUT2D eigenvalue weighted by Crippen LogP contribution is -2.32. The van der Waals surface area contributed by atoms with Gasteiger partial charge in [0.25, 0.3) is 5.91 Å². The largest absolute Gasteiger partial charge is 0.482 e. The predicted octanol–water partition coefficient (Wildman–Crippen LogP) is 2.41. The molecule has 0 aliphatic carbocycles. The normalized spacial score (nSPS) is 14.6. The van der Waals surface area contributed by atoms with Crippen LogP contribution in [0.25, 0.3) is 0 Å². The summed E-state index contributed by atoms with van der Waals surface area (Å²) in [6, 6.07) is 4.89. The predicted molar refractivity (Wildman–Crippen MR) is 80.5 cm³/mol. The summed E-state index contributed by atoms with van der Waals surface area (Å²) in [6.45, 7) is 2.30. The topological polar surface area (TPSA) is 50.4 Å². The molecule has 1 heterocycles. The van der Waals surface area contributed by atoms with Gasteiger partial charge in [-0.15, -0.1) is 0 Å². The molecule has 0 atom stereocenters. The van der Waals surface area contributed by atoms with E-state index in [1.165, 1.54) is 5.57 Å². The minimum Gasteiger partial charge on any atom is -0.482 e. The molecular weight excluding hydrogens is 299 g/mol. The van der Waals surface area contributed by atoms with Gasteiger partial charge in [0.1, 0.15) is 5.75 Å². The summed E-state index contributed by atoms with van der Waals surface area (Å²) >= 11 is 11.8. The van der Waals surface area contributed by atoms with Crippen molar-refractivity contribution in [1.29, 1.82) is 0 Å². The molecule has 0 saturated carbocycles. The highest BCUT2D eigenvalue weighted by Crippen LogP contribution is 2.27. The van der Waals surface area contributed by atoms with Crippen LogP contribution in [0.5, 0.6) is 5.75 Å². The first-order valence-corrected chi connectivity index (χ1v) is 7.14. The van der Waals surface area contributed by atoms with Crippen molar-refractivity contribution in [1.82, 2.24) is 10.6 Å². The molecule has 0 bridgehead atoms. The van der Waals surface area contributed by atoms with Gasteiger partial charge in [0.05, 0.1) is 5.02 Å². The molecule has 0 aromatic heterocycles. The molecule has 1 aromatic carbocycles. The van der Waals surface area contributed by atoms with Crippen molar-refractivity contribution in [2.24, 2.45) is 0 Å². The Morgan fingerprint density at radius 2 is 2.25 bits per heavy atom. The molecular formula is C14H16Cl2N2O2. The Hall–Kier alpha value is -1.23. The summed E-state index contributed by atoms with van der Waals surface area (Å²) in [7, 11) is 0. The average Bonchev–Trinajstić information content (AvgIpc) is 2.47. The van der Waals surface area contributed by atoms with Gasteiger partial charge in [0.15, 0.2) is 6.61 Å². The second-order valence-electron chi connectivity index (χ2n) is 4.46. The van der Waals surface area contributed by atoms with E-state index in [0.29, 0.717) is 22.3 Å². The van der Waals surface area contributed by atoms with Gasteiger partial charge in [-0.2, -0.15) is 0 Å². The van der Waals surface area contributed by atoms with Crippen LogP contribution in [0.3, 0.4) is 0 Å². The van der Waals surface area contributed by atoms with Gasteiger partial charge >= 0.3 is 0 Å². The summed E-state index contributed by atoms with van der Waals surface area (Å²) in [5, 5.41) is 6.99. The van der Waals surface area contributed by atoms with E-state index in [1.54, 1.807) is 18.2 Å². The summed E-state index contributed by atoms with van der Waals surface area (Å²) in [6.07, 6.45) is 3.06. The Morgan fingerprint density at radius 3 is 3.00 bits per heavy atom. The van der Waals surface area contributed by atoms with E-state index in [4.69, 9.17) is 27.9 Å². The zero-order chi connectivity index (χ0) is 14.4. The second-order valence-corrected chi connectivity index (χ2v) is 5.30. The molecule has 108 valence electrons. The number of halogens is 2. The van der Waals surface area contributed by atoms with Crippen molar-refractivity contribution < 1.29 is 9.53 Å². The lowest BCUT2D eigenvalue weighted by atomic mass is 10.1. The zero-order valence-electron chi connectivity index (χ0n) is 10.9. The standard InChI is InChI=1S/C14H16Cl2N2O2/c15-11-1-2-12(16)13(7-11)20-9-14(19)18-8-10-3-5-17-6-4-10/h1-3,7,17H,4-6,8-9H2,(H,18,19). The highest BCUT2D eigenvalue weighted by Gasteiger charge is 2.08. The number of hydrogen-bond donors (Lipinski definition) is 2. The van der Waals surface area contributed by atoms with E-state index < -0.39 is 0 Å². The number of nitrogens with one attached hydrogen (secondary N) is 2. The first kappa shape index (κ1) is 15.2. The third-order valence-corrected chi connectivity index (χ3v) is 3.47. The van der Waals surface area contributed by atoms with E-state index in [1.807, 2.05) is 0 Å². The molecule has 0 unspecified atom stereocenters. The lowest BCUT2D eigenvalue weighted by molar-refractivity contribution is -0.122. The molecule has 0 fully saturated rings. The quantitative estimate of drug-likeness (QED) is 0.821. The minimum absolute atomic E-state index is 0.0778. The minimum atomic E-state index is -0.180. The Kier molecular flexibility index (Phi) is 5.71. The summed E-state index contributed by atoms with van der Waals surface area (Å²) in [5.41, 5.74) is 1.23.